The molecule has 0 heterocycles. The summed E-state index contributed by atoms with van der Waals surface area (Å²) in [7, 11) is 1.58. The van der Waals surface area contributed by atoms with Crippen LogP contribution in [0.1, 0.15) is 6.92 Å². The average molecular weight is 268 g/mol. The molecule has 6 heteroatoms. The van der Waals surface area contributed by atoms with E-state index in [0.29, 0.717) is 31.3 Å². The summed E-state index contributed by atoms with van der Waals surface area (Å²) in [5.41, 5.74) is 0. The number of ether oxygens (including phenoxy) is 3. The van der Waals surface area contributed by atoms with E-state index in [4.69, 9.17) is 14.2 Å². The van der Waals surface area contributed by atoms with Gasteiger partial charge in [0.15, 0.2) is 18.2 Å². The molecule has 0 unspecified atom stereocenters. The van der Waals surface area contributed by atoms with Crippen molar-refractivity contribution in [2.24, 2.45) is 0 Å². The minimum atomic E-state index is -0.300. The molecule has 0 spiro atoms. The van der Waals surface area contributed by atoms with Crippen molar-refractivity contribution in [1.82, 2.24) is 10.6 Å². The number of methoxy groups -OCH3 is 1. The molecule has 2 N–H and O–H groups in total. The van der Waals surface area contributed by atoms with Gasteiger partial charge < -0.3 is 24.8 Å². The van der Waals surface area contributed by atoms with Crippen LogP contribution in [0.2, 0.25) is 0 Å². The molecule has 0 aliphatic rings. The van der Waals surface area contributed by atoms with Gasteiger partial charge in [-0.1, -0.05) is 12.1 Å². The SMILES string of the molecule is CCOc1ccccc1OCNC(=O)NCCOC. The number of urea groups is 1. The van der Waals surface area contributed by atoms with Crippen molar-refractivity contribution in [2.75, 3.05) is 33.6 Å². The second kappa shape index (κ2) is 9.04. The number of para-hydroxylation sites is 2. The highest BCUT2D eigenvalue weighted by atomic mass is 16.5. The van der Waals surface area contributed by atoms with Crippen molar-refractivity contribution in [2.45, 2.75) is 6.92 Å². The number of rotatable bonds is 8. The van der Waals surface area contributed by atoms with Crippen LogP contribution in [0, 0.1) is 0 Å². The van der Waals surface area contributed by atoms with Crippen molar-refractivity contribution in [3.05, 3.63) is 24.3 Å². The molecule has 2 amide bonds. The monoisotopic (exact) mass is 268 g/mol. The number of nitrogens with one attached hydrogen (secondary N) is 2. The van der Waals surface area contributed by atoms with Crippen LogP contribution in [-0.4, -0.2) is 39.6 Å². The summed E-state index contributed by atoms with van der Waals surface area (Å²) in [6.07, 6.45) is 0. The van der Waals surface area contributed by atoms with Crippen LogP contribution in [-0.2, 0) is 4.74 Å². The van der Waals surface area contributed by atoms with Gasteiger partial charge in [0.2, 0.25) is 0 Å². The lowest BCUT2D eigenvalue weighted by Gasteiger charge is -2.12. The maximum Gasteiger partial charge on any atom is 0.317 e. The van der Waals surface area contributed by atoms with E-state index in [1.807, 2.05) is 25.1 Å². The first kappa shape index (κ1) is 15.1. The average Bonchev–Trinajstić information content (AvgIpc) is 2.41. The van der Waals surface area contributed by atoms with Crippen molar-refractivity contribution in [3.63, 3.8) is 0 Å². The molecule has 106 valence electrons. The summed E-state index contributed by atoms with van der Waals surface area (Å²) in [6, 6.07) is 7.01. The Morgan fingerprint density at radius 2 is 1.84 bits per heavy atom. The summed E-state index contributed by atoms with van der Waals surface area (Å²) < 4.78 is 15.7. The first-order valence-electron chi connectivity index (χ1n) is 6.13. The lowest BCUT2D eigenvalue weighted by Crippen LogP contribution is -2.39. The van der Waals surface area contributed by atoms with Crippen LogP contribution in [0.15, 0.2) is 24.3 Å². The highest BCUT2D eigenvalue weighted by Crippen LogP contribution is 2.25. The Kier molecular flexibility index (Phi) is 7.19. The smallest absolute Gasteiger partial charge is 0.317 e. The third-order valence-corrected chi connectivity index (χ3v) is 2.20. The van der Waals surface area contributed by atoms with Gasteiger partial charge in [-0.05, 0) is 19.1 Å². The second-order valence-corrected chi connectivity index (χ2v) is 3.59. The van der Waals surface area contributed by atoms with Gasteiger partial charge in [-0.25, -0.2) is 4.79 Å². The number of hydrogen-bond donors (Lipinski definition) is 2. The largest absolute Gasteiger partial charge is 0.490 e. The summed E-state index contributed by atoms with van der Waals surface area (Å²) in [5.74, 6) is 1.26. The number of amides is 2. The highest BCUT2D eigenvalue weighted by molar-refractivity contribution is 5.73. The molecule has 1 aromatic carbocycles. The van der Waals surface area contributed by atoms with E-state index in [1.54, 1.807) is 13.2 Å². The van der Waals surface area contributed by atoms with E-state index in [9.17, 15) is 4.79 Å². The molecule has 0 aromatic heterocycles. The third kappa shape index (κ3) is 5.96. The number of benzene rings is 1. The Bertz CT molecular complexity index is 385. The second-order valence-electron chi connectivity index (χ2n) is 3.59. The maximum atomic E-state index is 11.3. The van der Waals surface area contributed by atoms with Crippen LogP contribution < -0.4 is 20.1 Å². The maximum absolute atomic E-state index is 11.3. The van der Waals surface area contributed by atoms with Gasteiger partial charge in [-0.15, -0.1) is 0 Å². The van der Waals surface area contributed by atoms with Gasteiger partial charge in [0.1, 0.15) is 0 Å². The minimum Gasteiger partial charge on any atom is -0.490 e. The van der Waals surface area contributed by atoms with Gasteiger partial charge in [0, 0.05) is 13.7 Å². The first-order valence-corrected chi connectivity index (χ1v) is 6.13. The van der Waals surface area contributed by atoms with Gasteiger partial charge in [0.25, 0.3) is 0 Å². The molecular weight excluding hydrogens is 248 g/mol. The van der Waals surface area contributed by atoms with E-state index in [-0.39, 0.29) is 12.8 Å². The minimum absolute atomic E-state index is 0.0723. The van der Waals surface area contributed by atoms with Gasteiger partial charge in [0.05, 0.1) is 13.2 Å². The van der Waals surface area contributed by atoms with E-state index in [1.165, 1.54) is 0 Å². The summed E-state index contributed by atoms with van der Waals surface area (Å²) in [5, 5.41) is 5.20. The number of carbonyl (C=O) groups is 1. The van der Waals surface area contributed by atoms with Gasteiger partial charge >= 0.3 is 6.03 Å². The summed E-state index contributed by atoms with van der Waals surface area (Å²) >= 11 is 0. The zero-order valence-corrected chi connectivity index (χ0v) is 11.3. The molecule has 0 atom stereocenters. The highest BCUT2D eigenvalue weighted by Gasteiger charge is 2.04. The fraction of sp³-hybridized carbons (Fsp3) is 0.462. The van der Waals surface area contributed by atoms with Crippen LogP contribution in [0.4, 0.5) is 4.79 Å². The lowest BCUT2D eigenvalue weighted by molar-refractivity contribution is 0.192. The predicted molar refractivity (Wildman–Crippen MR) is 71.5 cm³/mol. The van der Waals surface area contributed by atoms with Crippen molar-refractivity contribution in [3.8, 4) is 11.5 Å². The van der Waals surface area contributed by atoms with Crippen LogP contribution in [0.3, 0.4) is 0 Å². The van der Waals surface area contributed by atoms with Crippen molar-refractivity contribution >= 4 is 6.03 Å². The first-order chi connectivity index (χ1) is 9.27. The number of carbonyl (C=O) groups excluding carboxylic acids is 1. The summed E-state index contributed by atoms with van der Waals surface area (Å²) in [6.45, 7) is 3.46. The Morgan fingerprint density at radius 3 is 2.47 bits per heavy atom. The zero-order valence-electron chi connectivity index (χ0n) is 11.3. The molecule has 1 aromatic rings. The van der Waals surface area contributed by atoms with Crippen LogP contribution in [0.25, 0.3) is 0 Å². The molecule has 0 radical (unpaired) electrons. The third-order valence-electron chi connectivity index (χ3n) is 2.20. The molecule has 0 saturated heterocycles. The fourth-order valence-electron chi connectivity index (χ4n) is 1.35. The predicted octanol–water partition coefficient (Wildman–Crippen LogP) is 1.37. The van der Waals surface area contributed by atoms with E-state index in [2.05, 4.69) is 10.6 Å². The number of hydrogen-bond acceptors (Lipinski definition) is 4. The molecule has 0 aliphatic carbocycles. The molecule has 19 heavy (non-hydrogen) atoms. The van der Waals surface area contributed by atoms with E-state index < -0.39 is 0 Å². The topological polar surface area (TPSA) is 68.8 Å². The lowest BCUT2D eigenvalue weighted by atomic mass is 10.3. The van der Waals surface area contributed by atoms with Gasteiger partial charge in [-0.3, -0.25) is 0 Å². The van der Waals surface area contributed by atoms with E-state index in [0.717, 1.165) is 0 Å². The normalized spacial score (nSPS) is 9.79. The van der Waals surface area contributed by atoms with Crippen molar-refractivity contribution < 1.29 is 19.0 Å². The zero-order chi connectivity index (χ0) is 13.9. The molecule has 0 fully saturated rings. The Hall–Kier alpha value is -1.95. The summed E-state index contributed by atoms with van der Waals surface area (Å²) in [4.78, 5) is 11.3. The standard InChI is InChI=1S/C13H20N2O4/c1-3-18-11-6-4-5-7-12(11)19-10-15-13(16)14-8-9-17-2/h4-7H,3,8-10H2,1-2H3,(H2,14,15,16). The molecule has 0 saturated carbocycles. The molecular formula is C13H20N2O4. The van der Waals surface area contributed by atoms with Crippen molar-refractivity contribution in [1.29, 1.82) is 0 Å². The quantitative estimate of drug-likeness (QED) is 0.552. The van der Waals surface area contributed by atoms with Crippen LogP contribution in [0.5, 0.6) is 11.5 Å². The van der Waals surface area contributed by atoms with Gasteiger partial charge in [-0.2, -0.15) is 0 Å². The molecule has 6 nitrogen and oxygen atoms in total. The molecule has 1 rings (SSSR count). The molecule has 0 aliphatic heterocycles. The fourth-order valence-corrected chi connectivity index (χ4v) is 1.35. The molecule has 0 bridgehead atoms. The Balaban J connectivity index is 2.30. The van der Waals surface area contributed by atoms with Crippen LogP contribution >= 0.6 is 0 Å². The van der Waals surface area contributed by atoms with E-state index >= 15 is 0 Å². The Morgan fingerprint density at radius 1 is 1.16 bits per heavy atom. The Labute approximate surface area is 113 Å².